The van der Waals surface area contributed by atoms with Gasteiger partial charge in [0.25, 0.3) is 5.56 Å². The Bertz CT molecular complexity index is 619. The zero-order valence-corrected chi connectivity index (χ0v) is 10.8. The molecule has 5 heteroatoms. The minimum absolute atomic E-state index is 0.155. The van der Waals surface area contributed by atoms with E-state index in [9.17, 15) is 4.79 Å². The van der Waals surface area contributed by atoms with Crippen LogP contribution < -0.4 is 5.56 Å². The second-order valence-corrected chi connectivity index (χ2v) is 5.35. The van der Waals surface area contributed by atoms with Gasteiger partial charge in [0.1, 0.15) is 16.9 Å². The maximum absolute atomic E-state index is 12.0. The Morgan fingerprint density at radius 3 is 2.78 bits per heavy atom. The molecule has 0 amide bonds. The fourth-order valence-electron chi connectivity index (χ4n) is 2.75. The first-order valence-corrected chi connectivity index (χ1v) is 6.64. The molecule has 1 aliphatic rings. The number of fused-ring (bicyclic) bond motifs is 1. The summed E-state index contributed by atoms with van der Waals surface area (Å²) in [6, 6.07) is 0.233. The predicted molar refractivity (Wildman–Crippen MR) is 69.7 cm³/mol. The first kappa shape index (κ1) is 11.4. The number of nitrogens with one attached hydrogen (secondary N) is 1. The molecule has 1 saturated carbocycles. The minimum atomic E-state index is -0.155. The van der Waals surface area contributed by atoms with Crippen LogP contribution in [0.2, 0.25) is 0 Å². The molecule has 1 N–H and O–H groups in total. The SMILES string of the molecule is CC(C)n1ncc2c(=O)nc(C3CCCC3)[nH]c21. The van der Waals surface area contributed by atoms with E-state index in [-0.39, 0.29) is 11.6 Å². The molecule has 1 fully saturated rings. The van der Waals surface area contributed by atoms with E-state index >= 15 is 0 Å². The molecule has 96 valence electrons. The van der Waals surface area contributed by atoms with Crippen LogP contribution in [0.3, 0.4) is 0 Å². The zero-order valence-electron chi connectivity index (χ0n) is 10.8. The first-order chi connectivity index (χ1) is 8.66. The molecule has 2 aromatic heterocycles. The fraction of sp³-hybridized carbons (Fsp3) is 0.615. The quantitative estimate of drug-likeness (QED) is 0.884. The molecule has 2 heterocycles. The van der Waals surface area contributed by atoms with Crippen LogP contribution in [0.5, 0.6) is 0 Å². The summed E-state index contributed by atoms with van der Waals surface area (Å²) >= 11 is 0. The number of hydrogen-bond acceptors (Lipinski definition) is 3. The lowest BCUT2D eigenvalue weighted by atomic mass is 10.1. The highest BCUT2D eigenvalue weighted by Gasteiger charge is 2.21. The van der Waals surface area contributed by atoms with Crippen molar-refractivity contribution in [1.29, 1.82) is 0 Å². The minimum Gasteiger partial charge on any atom is -0.328 e. The van der Waals surface area contributed by atoms with Crippen molar-refractivity contribution in [3.05, 3.63) is 22.4 Å². The molecular formula is C13H18N4O. The summed E-state index contributed by atoms with van der Waals surface area (Å²) in [7, 11) is 0. The van der Waals surface area contributed by atoms with E-state index in [0.717, 1.165) is 24.3 Å². The number of nitrogens with zero attached hydrogens (tertiary/aromatic N) is 3. The average Bonchev–Trinajstić information content (AvgIpc) is 2.97. The Kier molecular flexibility index (Phi) is 2.69. The van der Waals surface area contributed by atoms with Gasteiger partial charge in [-0.2, -0.15) is 10.1 Å². The number of H-pyrrole nitrogens is 1. The molecule has 2 aromatic rings. The van der Waals surface area contributed by atoms with Crippen LogP contribution in [-0.2, 0) is 0 Å². The summed E-state index contributed by atoms with van der Waals surface area (Å²) in [6.45, 7) is 4.11. The molecule has 1 aliphatic carbocycles. The molecule has 3 rings (SSSR count). The van der Waals surface area contributed by atoms with Crippen LogP contribution in [0.15, 0.2) is 11.0 Å². The summed E-state index contributed by atoms with van der Waals surface area (Å²) in [5.41, 5.74) is 0.657. The highest BCUT2D eigenvalue weighted by atomic mass is 16.1. The van der Waals surface area contributed by atoms with Crippen LogP contribution >= 0.6 is 0 Å². The maximum atomic E-state index is 12.0. The molecule has 5 nitrogen and oxygen atoms in total. The van der Waals surface area contributed by atoms with E-state index in [4.69, 9.17) is 0 Å². The molecular weight excluding hydrogens is 228 g/mol. The third-order valence-electron chi connectivity index (χ3n) is 3.73. The topological polar surface area (TPSA) is 63.6 Å². The van der Waals surface area contributed by atoms with Crippen molar-refractivity contribution >= 4 is 11.0 Å². The van der Waals surface area contributed by atoms with Gasteiger partial charge in [0, 0.05) is 12.0 Å². The summed E-state index contributed by atoms with van der Waals surface area (Å²) in [4.78, 5) is 19.5. The van der Waals surface area contributed by atoms with E-state index in [0.29, 0.717) is 11.3 Å². The van der Waals surface area contributed by atoms with Crippen LogP contribution in [0.4, 0.5) is 0 Å². The van der Waals surface area contributed by atoms with Gasteiger partial charge in [0.05, 0.1) is 6.20 Å². The highest BCUT2D eigenvalue weighted by Crippen LogP contribution is 2.32. The van der Waals surface area contributed by atoms with Crippen molar-refractivity contribution in [3.8, 4) is 0 Å². The van der Waals surface area contributed by atoms with E-state index in [1.165, 1.54) is 12.8 Å². The van der Waals surface area contributed by atoms with Gasteiger partial charge in [-0.3, -0.25) is 4.79 Å². The van der Waals surface area contributed by atoms with Crippen molar-refractivity contribution in [2.24, 2.45) is 0 Å². The second kappa shape index (κ2) is 4.23. The van der Waals surface area contributed by atoms with E-state index < -0.39 is 0 Å². The normalized spacial score (nSPS) is 17.1. The third-order valence-corrected chi connectivity index (χ3v) is 3.73. The van der Waals surface area contributed by atoms with Gasteiger partial charge in [-0.05, 0) is 26.7 Å². The van der Waals surface area contributed by atoms with Crippen molar-refractivity contribution in [2.75, 3.05) is 0 Å². The van der Waals surface area contributed by atoms with Crippen LogP contribution in [-0.4, -0.2) is 19.7 Å². The lowest BCUT2D eigenvalue weighted by Gasteiger charge is -2.11. The lowest BCUT2D eigenvalue weighted by Crippen LogP contribution is -2.15. The summed E-state index contributed by atoms with van der Waals surface area (Å²) in [5, 5.41) is 4.86. The van der Waals surface area contributed by atoms with E-state index in [1.54, 1.807) is 6.20 Å². The van der Waals surface area contributed by atoms with Crippen molar-refractivity contribution < 1.29 is 0 Å². The van der Waals surface area contributed by atoms with Gasteiger partial charge in [0.15, 0.2) is 0 Å². The van der Waals surface area contributed by atoms with Gasteiger partial charge in [-0.1, -0.05) is 12.8 Å². The van der Waals surface area contributed by atoms with Gasteiger partial charge < -0.3 is 4.98 Å². The molecule has 0 saturated heterocycles. The van der Waals surface area contributed by atoms with Crippen molar-refractivity contribution in [2.45, 2.75) is 51.5 Å². The smallest absolute Gasteiger partial charge is 0.284 e. The fourth-order valence-corrected chi connectivity index (χ4v) is 2.75. The molecule has 0 bridgehead atoms. The molecule has 0 aliphatic heterocycles. The number of rotatable bonds is 2. The Hall–Kier alpha value is -1.65. The number of aromatic amines is 1. The Labute approximate surface area is 105 Å². The monoisotopic (exact) mass is 246 g/mol. The largest absolute Gasteiger partial charge is 0.328 e. The standard InChI is InChI=1S/C13H18N4O/c1-8(2)17-12-10(7-14-17)13(18)16-11(15-12)9-5-3-4-6-9/h7-9H,3-6H2,1-2H3,(H,15,16,18). The second-order valence-electron chi connectivity index (χ2n) is 5.35. The molecule has 0 atom stereocenters. The molecule has 18 heavy (non-hydrogen) atoms. The van der Waals surface area contributed by atoms with E-state index in [2.05, 4.69) is 28.9 Å². The first-order valence-electron chi connectivity index (χ1n) is 6.64. The van der Waals surface area contributed by atoms with Crippen LogP contribution in [0.1, 0.15) is 57.3 Å². The highest BCUT2D eigenvalue weighted by molar-refractivity contribution is 5.73. The molecule has 0 spiro atoms. The Morgan fingerprint density at radius 2 is 2.11 bits per heavy atom. The predicted octanol–water partition coefficient (Wildman–Crippen LogP) is 2.36. The third kappa shape index (κ3) is 1.74. The average molecular weight is 246 g/mol. The van der Waals surface area contributed by atoms with Gasteiger partial charge in [-0.15, -0.1) is 0 Å². The maximum Gasteiger partial charge on any atom is 0.284 e. The van der Waals surface area contributed by atoms with E-state index in [1.807, 2.05) is 4.68 Å². The van der Waals surface area contributed by atoms with Crippen LogP contribution in [0.25, 0.3) is 11.0 Å². The van der Waals surface area contributed by atoms with Gasteiger partial charge in [-0.25, -0.2) is 4.68 Å². The Balaban J connectivity index is 2.17. The Morgan fingerprint density at radius 1 is 1.39 bits per heavy atom. The summed E-state index contributed by atoms with van der Waals surface area (Å²) < 4.78 is 1.86. The van der Waals surface area contributed by atoms with Crippen molar-refractivity contribution in [3.63, 3.8) is 0 Å². The van der Waals surface area contributed by atoms with Gasteiger partial charge in [0.2, 0.25) is 0 Å². The number of aromatic nitrogens is 4. The van der Waals surface area contributed by atoms with Crippen molar-refractivity contribution in [1.82, 2.24) is 19.7 Å². The number of hydrogen-bond donors (Lipinski definition) is 1. The molecule has 0 radical (unpaired) electrons. The summed E-state index contributed by atoms with van der Waals surface area (Å²) in [5.74, 6) is 1.25. The summed E-state index contributed by atoms with van der Waals surface area (Å²) in [6.07, 6.45) is 6.33. The molecule has 0 unspecified atom stereocenters. The van der Waals surface area contributed by atoms with Gasteiger partial charge >= 0.3 is 0 Å². The van der Waals surface area contributed by atoms with Crippen LogP contribution in [0, 0.1) is 0 Å². The molecule has 0 aromatic carbocycles. The lowest BCUT2D eigenvalue weighted by molar-refractivity contribution is 0.543. The zero-order chi connectivity index (χ0) is 12.7.